The summed E-state index contributed by atoms with van der Waals surface area (Å²) in [4.78, 5) is 22.7. The van der Waals surface area contributed by atoms with Crippen molar-refractivity contribution in [2.45, 2.75) is 126 Å². The fourth-order valence-corrected chi connectivity index (χ4v) is 12.7. The van der Waals surface area contributed by atoms with Gasteiger partial charge >= 0.3 is 5.97 Å². The number of benzene rings is 2. The number of aliphatic carboxylic acids is 1. The molecule has 55 heavy (non-hydrogen) atoms. The highest BCUT2D eigenvalue weighted by atomic mass is 35.5. The van der Waals surface area contributed by atoms with Gasteiger partial charge in [-0.3, -0.25) is 4.79 Å². The molecule has 0 spiro atoms. The van der Waals surface area contributed by atoms with Crippen LogP contribution in [0.2, 0.25) is 0 Å². The molecule has 8 bridgehead atoms. The zero-order valence-corrected chi connectivity index (χ0v) is 33.8. The van der Waals surface area contributed by atoms with Gasteiger partial charge in [-0.2, -0.15) is 0 Å². The van der Waals surface area contributed by atoms with Crippen molar-refractivity contribution >= 4 is 23.4 Å². The Balaban J connectivity index is 0.000000188. The first-order valence-corrected chi connectivity index (χ1v) is 22.2. The highest BCUT2D eigenvalue weighted by Crippen LogP contribution is 2.62. The number of alkyl halides is 1. The first kappa shape index (κ1) is 40.6. The average molecular weight is 777 g/mol. The third-order valence-corrected chi connectivity index (χ3v) is 14.3. The summed E-state index contributed by atoms with van der Waals surface area (Å²) in [6.07, 6.45) is 22.7. The van der Waals surface area contributed by atoms with E-state index >= 15 is 0 Å². The average Bonchev–Trinajstić information content (AvgIpc) is 3.16. The van der Waals surface area contributed by atoms with Crippen LogP contribution in [-0.2, 0) is 29.9 Å². The lowest BCUT2D eigenvalue weighted by Crippen LogP contribution is -2.48. The van der Waals surface area contributed by atoms with E-state index in [1.54, 1.807) is 0 Å². The van der Waals surface area contributed by atoms with Crippen molar-refractivity contribution in [3.8, 4) is 11.5 Å². The molecule has 1 N–H and O–H groups in total. The molecular formula is C47H65ClO7. The van der Waals surface area contributed by atoms with Gasteiger partial charge in [0.15, 0.2) is 12.4 Å². The molecule has 0 heterocycles. The third-order valence-electron chi connectivity index (χ3n) is 14.1. The Morgan fingerprint density at radius 3 is 1.36 bits per heavy atom. The molecule has 0 unspecified atom stereocenters. The standard InChI is InChI=1S/C29H43ClO4.C18H22O3/c30-11-3-1-2-4-12-32-14-15-33-13-5-6-27(31)22-34-28-9-7-26(8-10-28)29-19-23-16-24(20-29)18-25(17-23)21-29;19-17(20)11-21-16-3-1-15(2-4-16)18-8-12-5-13(9-18)7-14(6-12)10-18/h7-10,23-25H,1-6,11-22H2;1-4,12-14H,5-11H2,(H,19,20). The van der Waals surface area contributed by atoms with E-state index in [2.05, 4.69) is 36.4 Å². The molecule has 302 valence electrons. The summed E-state index contributed by atoms with van der Waals surface area (Å²) in [5.41, 5.74) is 3.76. The quantitative estimate of drug-likeness (QED) is 0.0997. The molecule has 2 aromatic carbocycles. The van der Waals surface area contributed by atoms with Crippen LogP contribution < -0.4 is 9.47 Å². The van der Waals surface area contributed by atoms with Crippen molar-refractivity contribution < 1.29 is 33.6 Å². The van der Waals surface area contributed by atoms with Gasteiger partial charge in [0, 0.05) is 25.5 Å². The Labute approximate surface area is 334 Å². The molecule has 0 atom stereocenters. The van der Waals surface area contributed by atoms with Crippen LogP contribution in [0.4, 0.5) is 0 Å². The zero-order valence-electron chi connectivity index (χ0n) is 33.0. The van der Waals surface area contributed by atoms with Gasteiger partial charge in [0.25, 0.3) is 0 Å². The molecule has 8 aliphatic carbocycles. The molecule has 8 heteroatoms. The number of carbonyl (C=O) groups is 2. The highest BCUT2D eigenvalue weighted by Gasteiger charge is 2.52. The van der Waals surface area contributed by atoms with Crippen LogP contribution in [0.5, 0.6) is 11.5 Å². The van der Waals surface area contributed by atoms with Crippen LogP contribution >= 0.6 is 11.6 Å². The van der Waals surface area contributed by atoms with Crippen molar-refractivity contribution in [3.05, 3.63) is 59.7 Å². The second-order valence-electron chi connectivity index (χ2n) is 18.4. The largest absolute Gasteiger partial charge is 0.486 e. The van der Waals surface area contributed by atoms with Crippen molar-refractivity contribution in [1.82, 2.24) is 0 Å². The van der Waals surface area contributed by atoms with E-state index < -0.39 is 5.97 Å². The zero-order chi connectivity index (χ0) is 38.1. The second kappa shape index (κ2) is 19.2. The maximum Gasteiger partial charge on any atom is 0.341 e. The summed E-state index contributed by atoms with van der Waals surface area (Å²) in [6.45, 7) is 2.45. The minimum atomic E-state index is -0.930. The predicted molar refractivity (Wildman–Crippen MR) is 216 cm³/mol. The lowest BCUT2D eigenvalue weighted by Gasteiger charge is -2.57. The minimum absolute atomic E-state index is 0.127. The first-order chi connectivity index (χ1) is 26.8. The van der Waals surface area contributed by atoms with Crippen molar-refractivity contribution in [2.75, 3.05) is 45.5 Å². The number of carboxylic acids is 1. The monoisotopic (exact) mass is 776 g/mol. The highest BCUT2D eigenvalue weighted by molar-refractivity contribution is 6.17. The lowest BCUT2D eigenvalue weighted by molar-refractivity contribution is -0.139. The number of Topliss-reactive ketones (excluding diaryl/α,β-unsaturated/α-hetero) is 1. The maximum absolute atomic E-state index is 12.2. The van der Waals surface area contributed by atoms with E-state index in [1.807, 2.05) is 12.1 Å². The van der Waals surface area contributed by atoms with Gasteiger partial charge in [0.05, 0.1) is 13.2 Å². The Kier molecular flexibility index (Phi) is 14.2. The van der Waals surface area contributed by atoms with Gasteiger partial charge in [-0.15, -0.1) is 11.6 Å². The van der Waals surface area contributed by atoms with Crippen LogP contribution in [0.3, 0.4) is 0 Å². The molecule has 0 aliphatic heterocycles. The fourth-order valence-electron chi connectivity index (χ4n) is 12.5. The third kappa shape index (κ3) is 10.9. The van der Waals surface area contributed by atoms with Gasteiger partial charge in [0.1, 0.15) is 18.1 Å². The summed E-state index contributed by atoms with van der Waals surface area (Å²) in [5, 5.41) is 8.66. The van der Waals surface area contributed by atoms with Crippen LogP contribution in [-0.4, -0.2) is 62.4 Å². The van der Waals surface area contributed by atoms with Crippen molar-refractivity contribution in [1.29, 1.82) is 0 Å². The number of unbranched alkanes of at least 4 members (excludes halogenated alkanes) is 3. The van der Waals surface area contributed by atoms with Crippen LogP contribution in [0, 0.1) is 35.5 Å². The summed E-state index contributed by atoms with van der Waals surface area (Å²) >= 11 is 5.66. The van der Waals surface area contributed by atoms with Gasteiger partial charge in [-0.25, -0.2) is 4.79 Å². The van der Waals surface area contributed by atoms with Crippen LogP contribution in [0.1, 0.15) is 127 Å². The SMILES string of the molecule is O=C(CCCOCCOCCCCCCCl)COc1ccc(C23CC4CC(CC(C4)C2)C3)cc1.O=C(O)COc1ccc(C23CC4CC(CC(C4)C2)C3)cc1. The van der Waals surface area contributed by atoms with E-state index in [0.29, 0.717) is 42.8 Å². The Morgan fingerprint density at radius 2 is 0.945 bits per heavy atom. The van der Waals surface area contributed by atoms with Gasteiger partial charge in [0.2, 0.25) is 0 Å². The number of carbonyl (C=O) groups excluding carboxylic acids is 1. The Hall–Kier alpha value is -2.61. The summed E-state index contributed by atoms with van der Waals surface area (Å²) in [7, 11) is 0. The normalized spacial score (nSPS) is 30.9. The van der Waals surface area contributed by atoms with E-state index in [-0.39, 0.29) is 19.0 Å². The summed E-state index contributed by atoms with van der Waals surface area (Å²) < 4.78 is 22.2. The van der Waals surface area contributed by atoms with E-state index in [9.17, 15) is 9.59 Å². The molecule has 0 aromatic heterocycles. The molecule has 0 amide bonds. The molecule has 0 saturated heterocycles. The first-order valence-electron chi connectivity index (χ1n) is 21.7. The number of hydrogen-bond acceptors (Lipinski definition) is 6. The minimum Gasteiger partial charge on any atom is -0.486 e. The Bertz CT molecular complexity index is 1450. The van der Waals surface area contributed by atoms with Crippen molar-refractivity contribution in [2.24, 2.45) is 35.5 Å². The molecule has 2 aromatic rings. The van der Waals surface area contributed by atoms with Crippen molar-refractivity contribution in [3.63, 3.8) is 0 Å². The van der Waals surface area contributed by atoms with E-state index in [1.165, 1.54) is 101 Å². The predicted octanol–water partition coefficient (Wildman–Crippen LogP) is 10.3. The van der Waals surface area contributed by atoms with Crippen LogP contribution in [0.15, 0.2) is 48.5 Å². The number of halogens is 1. The lowest BCUT2D eigenvalue weighted by atomic mass is 9.48. The topological polar surface area (TPSA) is 91.3 Å². The Morgan fingerprint density at radius 1 is 0.545 bits per heavy atom. The molecule has 8 saturated carbocycles. The molecule has 10 rings (SSSR count). The van der Waals surface area contributed by atoms with Gasteiger partial charge < -0.3 is 24.1 Å². The number of ketones is 1. The molecule has 8 aliphatic rings. The number of hydrogen-bond donors (Lipinski definition) is 1. The van der Waals surface area contributed by atoms with Gasteiger partial charge in [-0.1, -0.05) is 37.1 Å². The molecule has 8 fully saturated rings. The number of rotatable bonds is 21. The fraction of sp³-hybridized carbons (Fsp3) is 0.702. The second-order valence-corrected chi connectivity index (χ2v) is 18.8. The smallest absolute Gasteiger partial charge is 0.341 e. The maximum atomic E-state index is 12.2. The van der Waals surface area contributed by atoms with Crippen LogP contribution in [0.25, 0.3) is 0 Å². The van der Waals surface area contributed by atoms with Gasteiger partial charge in [-0.05, 0) is 178 Å². The van der Waals surface area contributed by atoms with E-state index in [4.69, 9.17) is 35.7 Å². The molecule has 7 nitrogen and oxygen atoms in total. The molecule has 0 radical (unpaired) electrons. The summed E-state index contributed by atoms with van der Waals surface area (Å²) in [5.74, 6) is 7.09. The molecular weight excluding hydrogens is 712 g/mol. The number of ether oxygens (including phenoxy) is 4. The summed E-state index contributed by atoms with van der Waals surface area (Å²) in [6, 6.07) is 16.9. The number of carboxylic acid groups (broad SMARTS) is 1. The van der Waals surface area contributed by atoms with E-state index in [0.717, 1.165) is 73.0 Å².